The monoisotopic (exact) mass is 387 g/mol. The van der Waals surface area contributed by atoms with Crippen molar-refractivity contribution >= 4 is 16.5 Å². The van der Waals surface area contributed by atoms with E-state index in [2.05, 4.69) is 91.7 Å². The lowest BCUT2D eigenvalue weighted by atomic mass is 9.74. The summed E-state index contributed by atoms with van der Waals surface area (Å²) in [6, 6.07) is 13.0. The van der Waals surface area contributed by atoms with Crippen LogP contribution >= 0.6 is 0 Å². The summed E-state index contributed by atoms with van der Waals surface area (Å²) in [4.78, 5) is 0. The summed E-state index contributed by atoms with van der Waals surface area (Å²) < 4.78 is 0. The Morgan fingerprint density at radius 1 is 1.14 bits per heavy atom. The molecule has 1 unspecified atom stereocenters. The zero-order chi connectivity index (χ0) is 21.7. The number of hydrogen-bond donors (Lipinski definition) is 1. The first-order chi connectivity index (χ1) is 14.1. The summed E-state index contributed by atoms with van der Waals surface area (Å²) in [6.07, 6.45) is 12.5. The molecule has 0 bridgehead atoms. The van der Waals surface area contributed by atoms with Gasteiger partial charge in [0.15, 0.2) is 0 Å². The number of fused-ring (bicyclic) bond motifs is 1. The molecule has 1 N–H and O–H groups in total. The van der Waals surface area contributed by atoms with E-state index in [0.29, 0.717) is 0 Å². The van der Waals surface area contributed by atoms with Gasteiger partial charge in [0.1, 0.15) is 0 Å². The molecule has 0 spiro atoms. The van der Waals surface area contributed by atoms with E-state index in [0.717, 1.165) is 12.8 Å². The maximum Gasteiger partial charge on any atom is 0.0382 e. The highest BCUT2D eigenvalue weighted by molar-refractivity contribution is 5.91. The number of nitrogens with one attached hydrogen (secondary N) is 1. The van der Waals surface area contributed by atoms with Gasteiger partial charge in [0, 0.05) is 24.6 Å². The first-order valence-corrected chi connectivity index (χ1v) is 10.6. The van der Waals surface area contributed by atoms with Gasteiger partial charge in [-0.2, -0.15) is 0 Å². The summed E-state index contributed by atoms with van der Waals surface area (Å²) in [7, 11) is 2.00. The molecule has 2 rings (SSSR count). The van der Waals surface area contributed by atoms with Gasteiger partial charge in [-0.05, 0) is 49.6 Å². The van der Waals surface area contributed by atoms with Crippen molar-refractivity contribution in [1.29, 1.82) is 0 Å². The Morgan fingerprint density at radius 2 is 1.86 bits per heavy atom. The summed E-state index contributed by atoms with van der Waals surface area (Å²) in [6.45, 7) is 12.4. The van der Waals surface area contributed by atoms with Crippen LogP contribution in [0.2, 0.25) is 0 Å². The van der Waals surface area contributed by atoms with Gasteiger partial charge in [-0.3, -0.25) is 0 Å². The van der Waals surface area contributed by atoms with Crippen LogP contribution in [-0.4, -0.2) is 7.05 Å². The third-order valence-electron chi connectivity index (χ3n) is 4.96. The topological polar surface area (TPSA) is 12.0 Å². The average molecular weight is 388 g/mol. The maximum absolute atomic E-state index is 3.40. The van der Waals surface area contributed by atoms with Gasteiger partial charge < -0.3 is 5.32 Å². The third-order valence-corrected chi connectivity index (χ3v) is 4.96. The van der Waals surface area contributed by atoms with Crippen molar-refractivity contribution < 1.29 is 0 Å². The molecule has 0 aliphatic heterocycles. The fraction of sp³-hybridized carbons (Fsp3) is 0.357. The van der Waals surface area contributed by atoms with E-state index in [4.69, 9.17) is 0 Å². The van der Waals surface area contributed by atoms with E-state index in [-0.39, 0.29) is 5.41 Å². The molecule has 0 amide bonds. The number of benzene rings is 2. The minimum atomic E-state index is -0.0698. The Kier molecular flexibility index (Phi) is 10.6. The Morgan fingerprint density at radius 3 is 2.52 bits per heavy atom. The highest BCUT2D eigenvalue weighted by Crippen LogP contribution is 2.41. The van der Waals surface area contributed by atoms with E-state index >= 15 is 0 Å². The molecule has 0 saturated carbocycles. The molecule has 29 heavy (non-hydrogen) atoms. The molecular weight excluding hydrogens is 350 g/mol. The van der Waals surface area contributed by atoms with Gasteiger partial charge in [-0.15, -0.1) is 11.8 Å². The quantitative estimate of drug-likeness (QED) is 0.374. The molecule has 1 nitrogen and oxygen atoms in total. The maximum atomic E-state index is 3.40. The van der Waals surface area contributed by atoms with Gasteiger partial charge in [0.05, 0.1) is 0 Å². The van der Waals surface area contributed by atoms with E-state index in [1.54, 1.807) is 0 Å². The van der Waals surface area contributed by atoms with Crippen molar-refractivity contribution in [3.63, 3.8) is 0 Å². The Bertz CT molecular complexity index is 918. The molecule has 0 aromatic heterocycles. The van der Waals surface area contributed by atoms with Crippen molar-refractivity contribution in [2.24, 2.45) is 0 Å². The zero-order valence-corrected chi connectivity index (χ0v) is 19.3. The minimum Gasteiger partial charge on any atom is -0.388 e. The van der Waals surface area contributed by atoms with E-state index < -0.39 is 0 Å². The second-order valence-electron chi connectivity index (χ2n) is 7.17. The van der Waals surface area contributed by atoms with E-state index in [1.165, 1.54) is 27.6 Å². The fourth-order valence-corrected chi connectivity index (χ4v) is 3.48. The smallest absolute Gasteiger partial charge is 0.0382 e. The van der Waals surface area contributed by atoms with Crippen LogP contribution in [0.1, 0.15) is 59.9 Å². The van der Waals surface area contributed by atoms with Gasteiger partial charge in [-0.25, -0.2) is 0 Å². The van der Waals surface area contributed by atoms with Crippen LogP contribution in [0.3, 0.4) is 0 Å². The molecular formula is C28H37N. The Hall–Kier alpha value is -2.72. The normalized spacial score (nSPS) is 13.6. The minimum absolute atomic E-state index is 0.0698. The molecule has 1 heteroatoms. The lowest BCUT2D eigenvalue weighted by molar-refractivity contribution is 0.498. The number of allylic oxidation sites excluding steroid dienone is 6. The first-order valence-electron chi connectivity index (χ1n) is 10.6. The number of rotatable bonds is 7. The van der Waals surface area contributed by atoms with Crippen LogP contribution < -0.4 is 5.32 Å². The molecule has 0 saturated heterocycles. The largest absolute Gasteiger partial charge is 0.388 e. The predicted octanol–water partition coefficient (Wildman–Crippen LogP) is 8.05. The molecule has 0 heterocycles. The predicted molar refractivity (Wildman–Crippen MR) is 133 cm³/mol. The summed E-state index contributed by atoms with van der Waals surface area (Å²) in [5.41, 5.74) is 3.72. The van der Waals surface area contributed by atoms with Crippen molar-refractivity contribution in [2.75, 3.05) is 12.4 Å². The summed E-state index contributed by atoms with van der Waals surface area (Å²) in [5, 5.41) is 5.98. The molecule has 0 radical (unpaired) electrons. The standard InChI is InChI=1S/C26H31N.C2H6/c1-6-8-13-21(3)14-12-20-26(4,19-9-7-2)25-23-16-11-10-15-22(23)17-18-24(25)27-5;1-2/h6,8,10-18,27H,19-20H2,1-5H3;1-2H3/b8-6-,14-12+,21-13+;. The molecule has 1 atom stereocenters. The van der Waals surface area contributed by atoms with Gasteiger partial charge in [0.2, 0.25) is 0 Å². The number of anilines is 1. The Balaban J connectivity index is 0.00000204. The molecule has 0 fully saturated rings. The lowest BCUT2D eigenvalue weighted by Gasteiger charge is -2.31. The highest BCUT2D eigenvalue weighted by atomic mass is 14.8. The molecule has 2 aromatic rings. The van der Waals surface area contributed by atoms with Crippen LogP contribution in [0.25, 0.3) is 10.8 Å². The van der Waals surface area contributed by atoms with Crippen LogP contribution in [0.15, 0.2) is 72.4 Å². The van der Waals surface area contributed by atoms with Gasteiger partial charge in [-0.1, -0.05) is 87.1 Å². The van der Waals surface area contributed by atoms with Crippen molar-refractivity contribution in [1.82, 2.24) is 0 Å². The van der Waals surface area contributed by atoms with E-state index in [1.807, 2.05) is 40.8 Å². The van der Waals surface area contributed by atoms with Crippen LogP contribution in [0.5, 0.6) is 0 Å². The SMILES string of the molecule is CC.CC#CCC(C)(C/C=C/C(C)=C/C=C\C)c1c(NC)ccc2ccccc12. The van der Waals surface area contributed by atoms with Gasteiger partial charge >= 0.3 is 0 Å². The van der Waals surface area contributed by atoms with Crippen LogP contribution in [-0.2, 0) is 5.41 Å². The molecule has 2 aromatic carbocycles. The second kappa shape index (κ2) is 12.7. The molecule has 0 aliphatic carbocycles. The van der Waals surface area contributed by atoms with Crippen LogP contribution in [0.4, 0.5) is 5.69 Å². The lowest BCUT2D eigenvalue weighted by Crippen LogP contribution is -2.22. The molecule has 0 aliphatic rings. The van der Waals surface area contributed by atoms with Crippen molar-refractivity contribution in [3.05, 3.63) is 77.9 Å². The van der Waals surface area contributed by atoms with E-state index in [9.17, 15) is 0 Å². The van der Waals surface area contributed by atoms with Crippen molar-refractivity contribution in [2.45, 2.75) is 59.8 Å². The number of hydrogen-bond acceptors (Lipinski definition) is 1. The average Bonchev–Trinajstić information content (AvgIpc) is 2.76. The second-order valence-corrected chi connectivity index (χ2v) is 7.17. The van der Waals surface area contributed by atoms with Crippen molar-refractivity contribution in [3.8, 4) is 11.8 Å². The summed E-state index contributed by atoms with van der Waals surface area (Å²) in [5.74, 6) is 6.43. The third kappa shape index (κ3) is 6.68. The van der Waals surface area contributed by atoms with Gasteiger partial charge in [0.25, 0.3) is 0 Å². The fourth-order valence-electron chi connectivity index (χ4n) is 3.48. The Labute approximate surface area is 178 Å². The summed E-state index contributed by atoms with van der Waals surface area (Å²) >= 11 is 0. The zero-order valence-electron chi connectivity index (χ0n) is 19.3. The molecule has 154 valence electrons. The first kappa shape index (κ1) is 24.3. The van der Waals surface area contributed by atoms with Crippen LogP contribution in [0, 0.1) is 11.8 Å². The highest BCUT2D eigenvalue weighted by Gasteiger charge is 2.29.